The third-order valence-corrected chi connectivity index (χ3v) is 7.16. The molecule has 0 aliphatic rings. The lowest BCUT2D eigenvalue weighted by atomic mass is 10.3. The molecule has 1 aromatic carbocycles. The number of hydrogen-bond donors (Lipinski definition) is 0. The van der Waals surface area contributed by atoms with E-state index in [1.165, 1.54) is 33.1 Å². The Hall–Kier alpha value is -3.01. The van der Waals surface area contributed by atoms with Gasteiger partial charge in [-0.05, 0) is 32.0 Å². The van der Waals surface area contributed by atoms with E-state index >= 15 is 0 Å². The SMILES string of the molecule is Cc1nn(-c2ccccc2Cl)c2sc(C(=O)OCc3cc(=O)n4c(C)csc4n3)cc12. The topological polar surface area (TPSA) is 78.5 Å². The second-order valence-corrected chi connectivity index (χ2v) is 9.21. The van der Waals surface area contributed by atoms with Crippen LogP contribution in [0.15, 0.2) is 46.6 Å². The molecule has 0 fully saturated rings. The smallest absolute Gasteiger partial charge is 0.348 e. The standard InChI is InChI=1S/C21H15ClN4O3S2/c1-11-10-30-21-23-13(7-18(27)25(11)21)9-29-20(28)17-8-14-12(2)24-26(19(14)31-17)16-6-4-3-5-15(16)22/h3-8,10H,9H2,1-2H3. The summed E-state index contributed by atoms with van der Waals surface area (Å²) in [6, 6.07) is 10.6. The summed E-state index contributed by atoms with van der Waals surface area (Å²) >= 11 is 8.99. The summed E-state index contributed by atoms with van der Waals surface area (Å²) in [4.78, 5) is 31.2. The number of rotatable bonds is 4. The summed E-state index contributed by atoms with van der Waals surface area (Å²) in [5, 5.41) is 7.86. The van der Waals surface area contributed by atoms with E-state index in [4.69, 9.17) is 16.3 Å². The van der Waals surface area contributed by atoms with E-state index in [-0.39, 0.29) is 12.2 Å². The Kier molecular flexibility index (Phi) is 4.88. The van der Waals surface area contributed by atoms with E-state index in [0.717, 1.165) is 27.3 Å². The highest BCUT2D eigenvalue weighted by molar-refractivity contribution is 7.20. The molecule has 0 N–H and O–H groups in total. The first-order valence-corrected chi connectivity index (χ1v) is 11.4. The van der Waals surface area contributed by atoms with Gasteiger partial charge in [0.05, 0.1) is 22.1 Å². The van der Waals surface area contributed by atoms with Crippen molar-refractivity contribution in [3.05, 3.63) is 79.1 Å². The average molecular weight is 471 g/mol. The Morgan fingerprint density at radius 3 is 2.84 bits per heavy atom. The van der Waals surface area contributed by atoms with Crippen molar-refractivity contribution in [1.29, 1.82) is 0 Å². The monoisotopic (exact) mass is 470 g/mol. The number of halogens is 1. The highest BCUT2D eigenvalue weighted by Gasteiger charge is 2.19. The molecule has 0 aliphatic heterocycles. The molecule has 0 aliphatic carbocycles. The second-order valence-electron chi connectivity index (χ2n) is 6.94. The number of para-hydroxylation sites is 1. The molecule has 0 amide bonds. The molecule has 0 spiro atoms. The van der Waals surface area contributed by atoms with E-state index in [0.29, 0.717) is 20.6 Å². The number of thiophene rings is 1. The normalized spacial score (nSPS) is 11.5. The van der Waals surface area contributed by atoms with Gasteiger partial charge in [-0.2, -0.15) is 5.10 Å². The molecule has 156 valence electrons. The van der Waals surface area contributed by atoms with Crippen LogP contribution >= 0.6 is 34.3 Å². The Labute approximate surface area is 189 Å². The lowest BCUT2D eigenvalue weighted by Crippen LogP contribution is -2.16. The van der Waals surface area contributed by atoms with Crippen molar-refractivity contribution >= 4 is 55.4 Å². The lowest BCUT2D eigenvalue weighted by molar-refractivity contribution is 0.0473. The number of thiazole rings is 1. The predicted octanol–water partition coefficient (Wildman–Crippen LogP) is 4.78. The lowest BCUT2D eigenvalue weighted by Gasteiger charge is -2.05. The molecule has 0 bridgehead atoms. The molecule has 5 rings (SSSR count). The zero-order valence-corrected chi connectivity index (χ0v) is 18.8. The zero-order valence-electron chi connectivity index (χ0n) is 16.5. The number of benzene rings is 1. The molecular weight excluding hydrogens is 456 g/mol. The van der Waals surface area contributed by atoms with Gasteiger partial charge in [0.2, 0.25) is 0 Å². The fourth-order valence-corrected chi connectivity index (χ4v) is 5.50. The van der Waals surface area contributed by atoms with Gasteiger partial charge < -0.3 is 4.74 Å². The molecular formula is C21H15ClN4O3S2. The van der Waals surface area contributed by atoms with Crippen molar-refractivity contribution < 1.29 is 9.53 Å². The van der Waals surface area contributed by atoms with Crippen LogP contribution in [0, 0.1) is 13.8 Å². The summed E-state index contributed by atoms with van der Waals surface area (Å²) in [6.45, 7) is 3.65. The summed E-state index contributed by atoms with van der Waals surface area (Å²) < 4.78 is 8.72. The number of esters is 1. The first-order chi connectivity index (χ1) is 14.9. The molecule has 5 aromatic rings. The van der Waals surface area contributed by atoms with Crippen molar-refractivity contribution in [2.75, 3.05) is 0 Å². The molecule has 4 heterocycles. The quantitative estimate of drug-likeness (QED) is 0.353. The van der Waals surface area contributed by atoms with Gasteiger partial charge in [-0.25, -0.2) is 14.5 Å². The maximum absolute atomic E-state index is 12.7. The number of nitrogens with zero attached hydrogens (tertiary/aromatic N) is 4. The Morgan fingerprint density at radius 1 is 1.23 bits per heavy atom. The van der Waals surface area contributed by atoms with Crippen molar-refractivity contribution in [1.82, 2.24) is 19.2 Å². The first kappa shape index (κ1) is 19.9. The van der Waals surface area contributed by atoms with E-state index in [1.54, 1.807) is 16.8 Å². The maximum atomic E-state index is 12.7. The molecule has 0 unspecified atom stereocenters. The van der Waals surface area contributed by atoms with Crippen LogP contribution in [0.25, 0.3) is 20.9 Å². The van der Waals surface area contributed by atoms with E-state index in [9.17, 15) is 9.59 Å². The number of carbonyl (C=O) groups is 1. The highest BCUT2D eigenvalue weighted by Crippen LogP contribution is 2.32. The molecule has 4 aromatic heterocycles. The fraction of sp³-hybridized carbons (Fsp3) is 0.143. The maximum Gasteiger partial charge on any atom is 0.348 e. The average Bonchev–Trinajstić information content (AvgIpc) is 3.42. The van der Waals surface area contributed by atoms with Crippen LogP contribution in [0.5, 0.6) is 0 Å². The van der Waals surface area contributed by atoms with Crippen LogP contribution in [0.3, 0.4) is 0 Å². The van der Waals surface area contributed by atoms with Gasteiger partial charge >= 0.3 is 5.97 Å². The van der Waals surface area contributed by atoms with Crippen LogP contribution in [-0.2, 0) is 11.3 Å². The zero-order chi connectivity index (χ0) is 21.7. The second kappa shape index (κ2) is 7.60. The van der Waals surface area contributed by atoms with Crippen LogP contribution in [0.4, 0.5) is 0 Å². The number of aryl methyl sites for hydroxylation is 2. The summed E-state index contributed by atoms with van der Waals surface area (Å²) in [7, 11) is 0. The molecule has 0 atom stereocenters. The van der Waals surface area contributed by atoms with Gasteiger partial charge in [0.15, 0.2) is 4.96 Å². The van der Waals surface area contributed by atoms with Gasteiger partial charge in [-0.15, -0.1) is 22.7 Å². The van der Waals surface area contributed by atoms with Crippen molar-refractivity contribution in [3.8, 4) is 5.69 Å². The van der Waals surface area contributed by atoms with Crippen molar-refractivity contribution in [2.45, 2.75) is 20.5 Å². The summed E-state index contributed by atoms with van der Waals surface area (Å²) in [6.07, 6.45) is 0. The van der Waals surface area contributed by atoms with E-state index < -0.39 is 5.97 Å². The summed E-state index contributed by atoms with van der Waals surface area (Å²) in [5.41, 5.74) is 2.59. The molecule has 10 heteroatoms. The third kappa shape index (κ3) is 3.44. The fourth-order valence-electron chi connectivity index (χ4n) is 3.32. The Balaban J connectivity index is 1.42. The summed E-state index contributed by atoms with van der Waals surface area (Å²) in [5.74, 6) is -0.476. The van der Waals surface area contributed by atoms with Gasteiger partial charge in [0.25, 0.3) is 5.56 Å². The van der Waals surface area contributed by atoms with Crippen molar-refractivity contribution in [2.24, 2.45) is 0 Å². The number of carbonyl (C=O) groups excluding carboxylic acids is 1. The van der Waals surface area contributed by atoms with Crippen molar-refractivity contribution in [3.63, 3.8) is 0 Å². The highest BCUT2D eigenvalue weighted by atomic mass is 35.5. The van der Waals surface area contributed by atoms with Crippen LogP contribution in [0.1, 0.15) is 26.8 Å². The minimum Gasteiger partial charge on any atom is -0.455 e. The molecule has 0 radical (unpaired) electrons. The molecule has 0 saturated carbocycles. The van der Waals surface area contributed by atoms with Crippen LogP contribution in [-0.4, -0.2) is 25.1 Å². The minimum absolute atomic E-state index is 0.0780. The molecule has 7 nitrogen and oxygen atoms in total. The first-order valence-electron chi connectivity index (χ1n) is 9.30. The third-order valence-electron chi connectivity index (χ3n) is 4.81. The predicted molar refractivity (Wildman–Crippen MR) is 122 cm³/mol. The van der Waals surface area contributed by atoms with E-state index in [1.807, 2.05) is 37.4 Å². The van der Waals surface area contributed by atoms with Gasteiger partial charge in [-0.3, -0.25) is 9.20 Å². The number of aromatic nitrogens is 4. The number of ether oxygens (including phenoxy) is 1. The molecule has 0 saturated heterocycles. The largest absolute Gasteiger partial charge is 0.455 e. The number of fused-ring (bicyclic) bond motifs is 2. The van der Waals surface area contributed by atoms with Gasteiger partial charge in [0, 0.05) is 22.5 Å². The Bertz CT molecular complexity index is 1530. The van der Waals surface area contributed by atoms with E-state index in [2.05, 4.69) is 10.1 Å². The van der Waals surface area contributed by atoms with Gasteiger partial charge in [0.1, 0.15) is 16.3 Å². The van der Waals surface area contributed by atoms with Crippen LogP contribution in [0.2, 0.25) is 5.02 Å². The van der Waals surface area contributed by atoms with Crippen LogP contribution < -0.4 is 5.56 Å². The van der Waals surface area contributed by atoms with Gasteiger partial charge in [-0.1, -0.05) is 23.7 Å². The minimum atomic E-state index is -0.476. The Morgan fingerprint density at radius 2 is 2.03 bits per heavy atom. The molecule has 31 heavy (non-hydrogen) atoms. The number of hydrogen-bond acceptors (Lipinski definition) is 7.